The minimum absolute atomic E-state index is 0.0543. The fraction of sp³-hybridized carbons (Fsp3) is 0.321. The number of hydrogen-bond acceptors (Lipinski definition) is 11. The first kappa shape index (κ1) is 26.9. The van der Waals surface area contributed by atoms with Gasteiger partial charge in [-0.2, -0.15) is 0 Å². The van der Waals surface area contributed by atoms with Crippen LogP contribution < -0.4 is 5.56 Å². The summed E-state index contributed by atoms with van der Waals surface area (Å²) in [5.74, 6) is -1.16. The molecule has 5 heterocycles. The lowest BCUT2D eigenvalue weighted by Crippen LogP contribution is -2.47. The molecule has 2 aliphatic heterocycles. The molecule has 1 aromatic carbocycles. The molecule has 0 saturated carbocycles. The number of benzene rings is 1. The van der Waals surface area contributed by atoms with Crippen LogP contribution in [0.2, 0.25) is 0 Å². The Balaban J connectivity index is 1.37. The van der Waals surface area contributed by atoms with Crippen molar-refractivity contribution in [2.24, 2.45) is 0 Å². The van der Waals surface area contributed by atoms with Crippen molar-refractivity contribution in [3.63, 3.8) is 0 Å². The van der Waals surface area contributed by atoms with Crippen molar-refractivity contribution < 1.29 is 33.8 Å². The maximum absolute atomic E-state index is 13.8. The molecule has 1 atom stereocenters. The van der Waals surface area contributed by atoms with Crippen LogP contribution in [-0.2, 0) is 50.7 Å². The van der Waals surface area contributed by atoms with Crippen molar-refractivity contribution in [3.05, 3.63) is 79.4 Å². The molecule has 0 spiro atoms. The fourth-order valence-corrected chi connectivity index (χ4v) is 5.76. The number of hydrogen-bond donors (Lipinski definition) is 1. The maximum Gasteiger partial charge on any atom is 0.509 e. The number of pyridine rings is 2. The molecule has 0 aliphatic carbocycles. The number of phenolic OH excluding ortho intramolecular Hbond substituents is 1. The molecule has 0 amide bonds. The third-order valence-corrected chi connectivity index (χ3v) is 7.78. The Bertz CT molecular complexity index is 1860. The number of nitro groups is 1. The molecule has 0 fully saturated rings. The smallest absolute Gasteiger partial charge is 0.508 e. The summed E-state index contributed by atoms with van der Waals surface area (Å²) in [6.45, 7) is 3.17. The van der Waals surface area contributed by atoms with Crippen LogP contribution in [0.3, 0.4) is 0 Å². The molecule has 14 nitrogen and oxygen atoms in total. The number of esters is 1. The highest BCUT2D eigenvalue weighted by Crippen LogP contribution is 2.42. The van der Waals surface area contributed by atoms with E-state index in [0.29, 0.717) is 23.3 Å². The predicted molar refractivity (Wildman–Crippen MR) is 145 cm³/mol. The summed E-state index contributed by atoms with van der Waals surface area (Å²) >= 11 is 0. The van der Waals surface area contributed by atoms with Crippen molar-refractivity contribution in [2.75, 3.05) is 6.61 Å². The first-order valence-corrected chi connectivity index (χ1v) is 13.3. The van der Waals surface area contributed by atoms with Crippen LogP contribution >= 0.6 is 0 Å². The van der Waals surface area contributed by atoms with Crippen LogP contribution in [-0.4, -0.2) is 47.9 Å². The molecule has 6 rings (SSSR count). The van der Waals surface area contributed by atoms with E-state index >= 15 is 0 Å². The van der Waals surface area contributed by atoms with Crippen molar-refractivity contribution in [1.29, 1.82) is 0 Å². The van der Waals surface area contributed by atoms with E-state index in [1.54, 1.807) is 35.8 Å². The number of aryl methyl sites for hydroxylation is 1. The van der Waals surface area contributed by atoms with E-state index in [0.717, 1.165) is 16.5 Å². The van der Waals surface area contributed by atoms with Gasteiger partial charge in [0.2, 0.25) is 5.60 Å². The number of carbonyl (C=O) groups is 2. The van der Waals surface area contributed by atoms with Crippen LogP contribution in [0.5, 0.6) is 5.75 Å². The Kier molecular flexibility index (Phi) is 6.40. The Hall–Kier alpha value is -5.27. The van der Waals surface area contributed by atoms with Crippen molar-refractivity contribution in [1.82, 2.24) is 19.1 Å². The van der Waals surface area contributed by atoms with E-state index in [2.05, 4.69) is 4.98 Å². The van der Waals surface area contributed by atoms with Crippen LogP contribution in [0, 0.1) is 10.1 Å². The van der Waals surface area contributed by atoms with E-state index in [9.17, 15) is 29.6 Å². The lowest BCUT2D eigenvalue weighted by Gasteiger charge is -2.35. The number of imidazole rings is 1. The number of nitrogens with zero attached hydrogens (tertiary/aromatic N) is 5. The van der Waals surface area contributed by atoms with E-state index < -0.39 is 34.2 Å². The summed E-state index contributed by atoms with van der Waals surface area (Å²) in [6, 6.07) is 6.54. The summed E-state index contributed by atoms with van der Waals surface area (Å²) in [6.07, 6.45) is 1.98. The first-order valence-electron chi connectivity index (χ1n) is 13.3. The number of ether oxygens (including phenoxy) is 3. The normalized spacial score (nSPS) is 16.9. The van der Waals surface area contributed by atoms with E-state index in [1.165, 1.54) is 17.0 Å². The lowest BCUT2D eigenvalue weighted by atomic mass is 9.85. The second-order valence-electron chi connectivity index (χ2n) is 9.92. The largest absolute Gasteiger partial charge is 0.509 e. The molecule has 14 heteroatoms. The van der Waals surface area contributed by atoms with Gasteiger partial charge in [0.1, 0.15) is 37.9 Å². The second-order valence-corrected chi connectivity index (χ2v) is 9.92. The van der Waals surface area contributed by atoms with Gasteiger partial charge in [-0.1, -0.05) is 18.8 Å². The minimum Gasteiger partial charge on any atom is -0.508 e. The van der Waals surface area contributed by atoms with Crippen LogP contribution in [0.1, 0.15) is 42.5 Å². The van der Waals surface area contributed by atoms with Gasteiger partial charge in [-0.05, 0) is 47.6 Å². The molecule has 3 aromatic heterocycles. The molecule has 0 saturated heterocycles. The lowest BCUT2D eigenvalue weighted by molar-refractivity contribution is -0.396. The summed E-state index contributed by atoms with van der Waals surface area (Å²) < 4.78 is 18.9. The highest BCUT2D eigenvalue weighted by Gasteiger charge is 2.51. The summed E-state index contributed by atoms with van der Waals surface area (Å²) in [5.41, 5.74) is 1.46. The zero-order valence-electron chi connectivity index (χ0n) is 22.7. The SMILES string of the molecule is CCc1c2c(nc3ccc(O)cc13)-c1cc3c(c(=O)n1C2)COC(=O)[C@@]3(CC)OC(=O)OCCn1ccnc1[N+](=O)[O-]. The number of cyclic esters (lactones) is 1. The van der Waals surface area contributed by atoms with Gasteiger partial charge in [-0.3, -0.25) is 4.79 Å². The van der Waals surface area contributed by atoms with Gasteiger partial charge in [0.25, 0.3) is 5.56 Å². The highest BCUT2D eigenvalue weighted by molar-refractivity contribution is 5.90. The number of phenols is 1. The van der Waals surface area contributed by atoms with Gasteiger partial charge in [-0.15, -0.1) is 0 Å². The summed E-state index contributed by atoms with van der Waals surface area (Å²) in [5, 5.41) is 21.9. The monoisotopic (exact) mass is 575 g/mol. The van der Waals surface area contributed by atoms with Gasteiger partial charge < -0.3 is 34.0 Å². The summed E-state index contributed by atoms with van der Waals surface area (Å²) in [7, 11) is 0. The highest BCUT2D eigenvalue weighted by atomic mass is 16.7. The van der Waals surface area contributed by atoms with Crippen LogP contribution in [0.25, 0.3) is 22.3 Å². The number of carbonyl (C=O) groups excluding carboxylic acids is 2. The number of aromatic nitrogens is 4. The van der Waals surface area contributed by atoms with Gasteiger partial charge in [0.15, 0.2) is 0 Å². The van der Waals surface area contributed by atoms with Crippen molar-refractivity contribution in [2.45, 2.75) is 52.0 Å². The Morgan fingerprint density at radius 1 is 1.24 bits per heavy atom. The maximum atomic E-state index is 13.8. The van der Waals surface area contributed by atoms with Crippen LogP contribution in [0.4, 0.5) is 10.7 Å². The van der Waals surface area contributed by atoms with Gasteiger partial charge in [0.05, 0.1) is 29.0 Å². The molecular weight excluding hydrogens is 550 g/mol. The number of aromatic hydroxyl groups is 1. The Morgan fingerprint density at radius 3 is 2.79 bits per heavy atom. The van der Waals surface area contributed by atoms with Gasteiger partial charge >= 0.3 is 18.1 Å². The average molecular weight is 576 g/mol. The molecular formula is C28H25N5O9. The van der Waals surface area contributed by atoms with Crippen molar-refractivity contribution in [3.8, 4) is 17.1 Å². The zero-order valence-corrected chi connectivity index (χ0v) is 22.7. The van der Waals surface area contributed by atoms with Gasteiger partial charge in [0, 0.05) is 16.5 Å². The standard InChI is InChI=1S/C28H25N5O9/c1-3-16-17-11-15(34)5-6-21(17)30-23-18(16)13-32-22(23)12-20-19(24(32)35)14-41-25(36)28(20,4-2)42-27(37)40-10-9-31-8-7-29-26(31)33(38)39/h5-8,11-12,34H,3-4,9-10,13-14H2,1-2H3/t28-/m0/s1. The molecule has 1 N–H and O–H groups in total. The van der Waals surface area contributed by atoms with E-state index in [-0.39, 0.29) is 49.6 Å². The summed E-state index contributed by atoms with van der Waals surface area (Å²) in [4.78, 5) is 58.6. The number of rotatable bonds is 7. The third kappa shape index (κ3) is 4.05. The van der Waals surface area contributed by atoms with Gasteiger partial charge in [-0.25, -0.2) is 19.1 Å². The molecule has 4 aromatic rings. The van der Waals surface area contributed by atoms with Crippen LogP contribution in [0.15, 0.2) is 41.5 Å². The average Bonchev–Trinajstić information content (AvgIpc) is 3.59. The second kappa shape index (κ2) is 9.98. The first-order chi connectivity index (χ1) is 20.2. The molecule has 216 valence electrons. The molecule has 0 radical (unpaired) electrons. The van der Waals surface area contributed by atoms with Crippen molar-refractivity contribution >= 4 is 29.0 Å². The Morgan fingerprint density at radius 2 is 2.05 bits per heavy atom. The number of fused-ring (bicyclic) bond motifs is 5. The van der Waals surface area contributed by atoms with E-state index in [4.69, 9.17) is 19.2 Å². The molecule has 0 unspecified atom stereocenters. The third-order valence-electron chi connectivity index (χ3n) is 7.78. The molecule has 0 bridgehead atoms. The minimum atomic E-state index is -1.96. The zero-order chi connectivity index (χ0) is 29.8. The van der Waals surface area contributed by atoms with E-state index in [1.807, 2.05) is 6.92 Å². The molecule has 42 heavy (non-hydrogen) atoms. The topological polar surface area (TPSA) is 178 Å². The quantitative estimate of drug-likeness (QED) is 0.171. The fourth-order valence-electron chi connectivity index (χ4n) is 5.76. The Labute approximate surface area is 237 Å². The molecule has 2 aliphatic rings. The predicted octanol–water partition coefficient (Wildman–Crippen LogP) is 3.31.